The largest absolute Gasteiger partial charge is 0.326 e. The molecule has 0 bridgehead atoms. The summed E-state index contributed by atoms with van der Waals surface area (Å²) in [6, 6.07) is 0. The fraction of sp³-hybridized carbons (Fsp3) is 0.500. The second kappa shape index (κ2) is 14.6. The van der Waals surface area contributed by atoms with E-state index in [-0.39, 0.29) is 28.9 Å². The number of fused-ring (bicyclic) bond motifs is 1. The lowest BCUT2D eigenvalue weighted by Gasteiger charge is -2.09. The van der Waals surface area contributed by atoms with Crippen LogP contribution in [-0.2, 0) is 16.4 Å². The van der Waals surface area contributed by atoms with Crippen LogP contribution in [0, 0.1) is 13.8 Å². The van der Waals surface area contributed by atoms with Gasteiger partial charge in [-0.25, -0.2) is 22.3 Å². The molecule has 30 heavy (non-hydrogen) atoms. The molecule has 2 aromatic heterocycles. The zero-order valence-corrected chi connectivity index (χ0v) is 21.3. The lowest BCUT2D eigenvalue weighted by atomic mass is 10.2. The predicted octanol–water partition coefficient (Wildman–Crippen LogP) is 5.20. The molecule has 0 amide bonds. The molecule has 0 unspecified atom stereocenters. The van der Waals surface area contributed by atoms with Crippen molar-refractivity contribution in [2.45, 2.75) is 64.4 Å². The molecule has 0 aromatic carbocycles. The molecule has 2 N–H and O–H groups in total. The number of allylic oxidation sites excluding steroid dienone is 2. The van der Waals surface area contributed by atoms with Gasteiger partial charge in [0, 0.05) is 23.5 Å². The van der Waals surface area contributed by atoms with Crippen LogP contribution in [-0.4, -0.2) is 35.0 Å². The number of halogens is 2. The van der Waals surface area contributed by atoms with Crippen LogP contribution in [0.3, 0.4) is 0 Å². The first-order valence-corrected chi connectivity index (χ1v) is 12.3. The molecule has 2 rings (SSSR count). The first kappa shape index (κ1) is 30.8. The van der Waals surface area contributed by atoms with Gasteiger partial charge in [0.25, 0.3) is 0 Å². The Kier molecular flexibility index (Phi) is 14.9. The Morgan fingerprint density at radius 2 is 1.87 bits per heavy atom. The van der Waals surface area contributed by atoms with E-state index in [4.69, 9.17) is 5.73 Å². The van der Waals surface area contributed by atoms with Crippen molar-refractivity contribution in [3.05, 3.63) is 41.5 Å². The normalized spacial score (nSPS) is 10.7. The summed E-state index contributed by atoms with van der Waals surface area (Å²) in [4.78, 5) is 4.66. The summed E-state index contributed by atoms with van der Waals surface area (Å²) in [5, 5.41) is 4.88. The summed E-state index contributed by atoms with van der Waals surface area (Å²) in [5.41, 5.74) is 8.59. The van der Waals surface area contributed by atoms with Gasteiger partial charge < -0.3 is 5.73 Å². The summed E-state index contributed by atoms with van der Waals surface area (Å²) in [7, 11) is -3.49. The molecular weight excluding hydrogens is 447 g/mol. The maximum atomic E-state index is 12.6. The van der Waals surface area contributed by atoms with Crippen molar-refractivity contribution < 1.29 is 12.8 Å². The van der Waals surface area contributed by atoms with Crippen molar-refractivity contribution in [3.8, 4) is 0 Å². The summed E-state index contributed by atoms with van der Waals surface area (Å²) in [6.45, 7) is 14.6. The molecule has 0 aliphatic rings. The Morgan fingerprint density at radius 3 is 2.27 bits per heavy atom. The van der Waals surface area contributed by atoms with Gasteiger partial charge in [-0.05, 0) is 33.4 Å². The molecule has 0 atom stereocenters. The monoisotopic (exact) mass is 480 g/mol. The number of thioether (sulfide) groups is 1. The molecule has 2 heterocycles. The quantitative estimate of drug-likeness (QED) is 0.451. The van der Waals surface area contributed by atoms with E-state index in [0.717, 1.165) is 17.0 Å². The maximum absolute atomic E-state index is 12.6. The van der Waals surface area contributed by atoms with Crippen molar-refractivity contribution in [1.82, 2.24) is 14.6 Å². The van der Waals surface area contributed by atoms with Crippen molar-refractivity contribution >= 4 is 39.7 Å². The van der Waals surface area contributed by atoms with Crippen LogP contribution >= 0.6 is 24.2 Å². The third-order valence-corrected chi connectivity index (χ3v) is 6.33. The highest BCUT2D eigenvalue weighted by atomic mass is 35.5. The topological polar surface area (TPSA) is 90.3 Å². The fourth-order valence-electron chi connectivity index (χ4n) is 2.33. The average Bonchev–Trinajstić information content (AvgIpc) is 3.08. The minimum absolute atomic E-state index is 0. The summed E-state index contributed by atoms with van der Waals surface area (Å²) in [5.74, 6) is -0.304. The number of aryl methyl sites for hydroxylation is 2. The number of nitrogens with zero attached hydrogens (tertiary/aromatic N) is 3. The molecule has 0 fully saturated rings. The summed E-state index contributed by atoms with van der Waals surface area (Å²) < 4.78 is 38.1. The number of aromatic nitrogens is 3. The molecule has 172 valence electrons. The number of hydrogen-bond acceptors (Lipinski definition) is 6. The number of hydrogen-bond donors (Lipinski definition) is 1. The smallest absolute Gasteiger partial charge is 0.188 e. The maximum Gasteiger partial charge on any atom is 0.188 e. The molecule has 0 radical (unpaired) electrons. The summed E-state index contributed by atoms with van der Waals surface area (Å²) >= 11 is 1.30. The molecule has 0 spiro atoms. The highest BCUT2D eigenvalue weighted by Gasteiger charge is 2.27. The molecule has 2 aromatic rings. The van der Waals surface area contributed by atoms with E-state index in [0.29, 0.717) is 23.6 Å². The van der Waals surface area contributed by atoms with E-state index in [1.54, 1.807) is 30.5 Å². The Bertz CT molecular complexity index is 958. The molecule has 0 saturated carbocycles. The van der Waals surface area contributed by atoms with Crippen molar-refractivity contribution in [2.75, 3.05) is 12.0 Å². The van der Waals surface area contributed by atoms with E-state index in [2.05, 4.69) is 16.7 Å². The van der Waals surface area contributed by atoms with Crippen molar-refractivity contribution in [3.63, 3.8) is 0 Å². The number of sulfone groups is 1. The molecule has 0 aliphatic carbocycles. The SMILES string of the molecule is C/C=C\CS(=O)(=O)c1c(SC)nn2c(C)c(CN)c(C)nc12.C=C(F)CC.CC.Cl. The fourth-order valence-corrected chi connectivity index (χ4v) is 4.73. The number of nitrogens with two attached hydrogens (primary N) is 1. The van der Waals surface area contributed by atoms with Gasteiger partial charge in [-0.2, -0.15) is 5.10 Å². The van der Waals surface area contributed by atoms with Gasteiger partial charge in [0.15, 0.2) is 15.5 Å². The molecule has 0 aliphatic heterocycles. The van der Waals surface area contributed by atoms with Gasteiger partial charge in [-0.1, -0.05) is 39.5 Å². The van der Waals surface area contributed by atoms with E-state index in [1.165, 1.54) is 11.8 Å². The van der Waals surface area contributed by atoms with E-state index in [1.807, 2.05) is 34.0 Å². The van der Waals surface area contributed by atoms with Gasteiger partial charge in [-0.3, -0.25) is 0 Å². The zero-order chi connectivity index (χ0) is 22.8. The van der Waals surface area contributed by atoms with Crippen LogP contribution in [0.2, 0.25) is 0 Å². The van der Waals surface area contributed by atoms with Crippen molar-refractivity contribution in [1.29, 1.82) is 0 Å². The van der Waals surface area contributed by atoms with Crippen LogP contribution < -0.4 is 5.73 Å². The van der Waals surface area contributed by atoms with Gasteiger partial charge in [0.1, 0.15) is 9.92 Å². The lowest BCUT2D eigenvalue weighted by Crippen LogP contribution is -2.11. The van der Waals surface area contributed by atoms with Gasteiger partial charge >= 0.3 is 0 Å². The molecule has 10 heteroatoms. The Morgan fingerprint density at radius 1 is 1.33 bits per heavy atom. The first-order chi connectivity index (χ1) is 13.6. The van der Waals surface area contributed by atoms with E-state index >= 15 is 0 Å². The second-order valence-corrected chi connectivity index (χ2v) is 8.53. The highest BCUT2D eigenvalue weighted by Crippen LogP contribution is 2.30. The third-order valence-electron chi connectivity index (χ3n) is 3.90. The predicted molar refractivity (Wildman–Crippen MR) is 128 cm³/mol. The Hall–Kier alpha value is -1.42. The van der Waals surface area contributed by atoms with Crippen molar-refractivity contribution in [2.24, 2.45) is 5.73 Å². The highest BCUT2D eigenvalue weighted by molar-refractivity contribution is 7.99. The second-order valence-electron chi connectivity index (χ2n) is 5.76. The minimum Gasteiger partial charge on any atom is -0.326 e. The van der Waals surface area contributed by atoms with Gasteiger partial charge in [0.2, 0.25) is 0 Å². The number of rotatable bonds is 6. The molecule has 6 nitrogen and oxygen atoms in total. The Labute approximate surface area is 190 Å². The average molecular weight is 481 g/mol. The van der Waals surface area contributed by atoms with Gasteiger partial charge in [0.05, 0.1) is 11.6 Å². The standard InChI is InChI=1S/C14H20N4O2S2.C4H7F.C2H6.ClH/c1-5-6-7-22(19,20)12-13-16-9(2)11(8-15)10(3)18(13)17-14(12)21-4;1-3-4(2)5;1-2;/h5-6H,7-8,15H2,1-4H3;2-3H2,1H3;1-2H3;1H/b6-5-;;;. The van der Waals surface area contributed by atoms with E-state index < -0.39 is 9.84 Å². The van der Waals surface area contributed by atoms with Gasteiger partial charge in [-0.15, -0.1) is 24.2 Å². The zero-order valence-electron chi connectivity index (χ0n) is 18.8. The third kappa shape index (κ3) is 7.68. The minimum atomic E-state index is -3.49. The van der Waals surface area contributed by atoms with Crippen LogP contribution in [0.15, 0.2) is 34.5 Å². The Balaban J connectivity index is 0. The molecule has 0 saturated heterocycles. The lowest BCUT2D eigenvalue weighted by molar-refractivity contribution is 0.597. The van der Waals surface area contributed by atoms with Crippen LogP contribution in [0.25, 0.3) is 5.65 Å². The first-order valence-electron chi connectivity index (χ1n) is 9.44. The van der Waals surface area contributed by atoms with E-state index in [9.17, 15) is 12.8 Å². The van der Waals surface area contributed by atoms with Crippen LogP contribution in [0.5, 0.6) is 0 Å². The summed E-state index contributed by atoms with van der Waals surface area (Å²) in [6.07, 6.45) is 5.60. The van der Waals surface area contributed by atoms with Crippen LogP contribution in [0.4, 0.5) is 4.39 Å². The van der Waals surface area contributed by atoms with Crippen LogP contribution in [0.1, 0.15) is 51.1 Å². The molecular formula is C20H34ClFN4O2S2.